The summed E-state index contributed by atoms with van der Waals surface area (Å²) < 4.78 is 1.60. The lowest BCUT2D eigenvalue weighted by molar-refractivity contribution is 0.0696. The second kappa shape index (κ2) is 5.99. The number of benzene rings is 1. The number of aromatic nitrogens is 4. The van der Waals surface area contributed by atoms with E-state index in [1.807, 2.05) is 31.2 Å². The Kier molecular flexibility index (Phi) is 3.65. The van der Waals surface area contributed by atoms with Gasteiger partial charge in [0.25, 0.3) is 0 Å². The molecule has 130 valence electrons. The summed E-state index contributed by atoms with van der Waals surface area (Å²) in [5, 5.41) is 20.2. The zero-order valence-corrected chi connectivity index (χ0v) is 13.8. The quantitative estimate of drug-likeness (QED) is 0.490. The zero-order chi connectivity index (χ0) is 18.3. The fraction of sp³-hybridized carbons (Fsp3) is 0.111. The number of hydrogen-bond donors (Lipinski definition) is 3. The minimum atomic E-state index is -1.08. The normalized spacial score (nSPS) is 11.7. The molecule has 0 amide bonds. The number of H-pyrrole nitrogens is 1. The third-order valence-electron chi connectivity index (χ3n) is 4.17. The van der Waals surface area contributed by atoms with Crippen molar-refractivity contribution in [1.82, 2.24) is 19.5 Å². The van der Waals surface area contributed by atoms with E-state index in [0.717, 1.165) is 11.0 Å². The van der Waals surface area contributed by atoms with Crippen LogP contribution in [0, 0.1) is 0 Å². The van der Waals surface area contributed by atoms with Crippen LogP contribution in [-0.2, 0) is 6.54 Å². The van der Waals surface area contributed by atoms with Crippen molar-refractivity contribution >= 4 is 40.2 Å². The van der Waals surface area contributed by atoms with Gasteiger partial charge in [-0.15, -0.1) is 0 Å². The molecule has 0 unspecified atom stereocenters. The number of nitrogens with one attached hydrogen (secondary N) is 1. The van der Waals surface area contributed by atoms with E-state index in [4.69, 9.17) is 0 Å². The number of carboxylic acids is 1. The molecule has 1 aromatic carbocycles. The Morgan fingerprint density at radius 1 is 1.38 bits per heavy atom. The number of aromatic carboxylic acids is 1. The van der Waals surface area contributed by atoms with Gasteiger partial charge in [0.1, 0.15) is 5.65 Å². The minimum absolute atomic E-state index is 0.0163. The predicted molar refractivity (Wildman–Crippen MR) is 97.4 cm³/mol. The van der Waals surface area contributed by atoms with E-state index in [-0.39, 0.29) is 11.4 Å². The number of fused-ring (bicyclic) bond motifs is 2. The molecule has 4 aromatic rings. The van der Waals surface area contributed by atoms with Crippen molar-refractivity contribution in [2.45, 2.75) is 13.5 Å². The van der Waals surface area contributed by atoms with E-state index in [2.05, 4.69) is 19.9 Å². The molecular weight excluding hydrogens is 334 g/mol. The van der Waals surface area contributed by atoms with E-state index >= 15 is 0 Å². The number of pyridine rings is 1. The molecule has 8 heteroatoms. The highest BCUT2D eigenvalue weighted by atomic mass is 16.4. The SMILES string of the molecule is CCn1c(O)c(C=Nc2nc3ccccc3[nH]2)c2cc(C(=O)O)cnc21. The van der Waals surface area contributed by atoms with Gasteiger partial charge in [0.2, 0.25) is 11.8 Å². The Hall–Kier alpha value is -3.68. The number of rotatable bonds is 4. The van der Waals surface area contributed by atoms with Crippen molar-refractivity contribution in [1.29, 1.82) is 0 Å². The molecule has 0 saturated heterocycles. The summed E-state index contributed by atoms with van der Waals surface area (Å²) >= 11 is 0. The first kappa shape index (κ1) is 15.8. The predicted octanol–water partition coefficient (Wildman–Crippen LogP) is 3.09. The molecule has 4 rings (SSSR count). The average Bonchev–Trinajstić information content (AvgIpc) is 3.16. The Morgan fingerprint density at radius 3 is 2.92 bits per heavy atom. The lowest BCUT2D eigenvalue weighted by atomic mass is 10.2. The first-order chi connectivity index (χ1) is 12.6. The van der Waals surface area contributed by atoms with Gasteiger partial charge in [-0.3, -0.25) is 4.57 Å². The van der Waals surface area contributed by atoms with Crippen molar-refractivity contribution in [2.75, 3.05) is 0 Å². The number of aromatic hydroxyl groups is 1. The summed E-state index contributed by atoms with van der Waals surface area (Å²) in [6.45, 7) is 2.35. The van der Waals surface area contributed by atoms with Crippen LogP contribution < -0.4 is 0 Å². The number of aromatic amines is 1. The van der Waals surface area contributed by atoms with Crippen molar-refractivity contribution in [2.24, 2.45) is 4.99 Å². The second-order valence-corrected chi connectivity index (χ2v) is 5.72. The molecule has 3 heterocycles. The molecule has 0 saturated carbocycles. The second-order valence-electron chi connectivity index (χ2n) is 5.72. The van der Waals surface area contributed by atoms with Gasteiger partial charge in [-0.25, -0.2) is 19.8 Å². The summed E-state index contributed by atoms with van der Waals surface area (Å²) in [4.78, 5) is 27.2. The molecule has 26 heavy (non-hydrogen) atoms. The van der Waals surface area contributed by atoms with Gasteiger partial charge < -0.3 is 15.2 Å². The van der Waals surface area contributed by atoms with E-state index in [0.29, 0.717) is 29.1 Å². The summed E-state index contributed by atoms with van der Waals surface area (Å²) in [5.74, 6) is -0.703. The van der Waals surface area contributed by atoms with Gasteiger partial charge in [0.05, 0.1) is 22.2 Å². The molecule has 0 spiro atoms. The maximum absolute atomic E-state index is 11.2. The number of para-hydroxylation sites is 2. The van der Waals surface area contributed by atoms with Gasteiger partial charge in [-0.05, 0) is 25.1 Å². The number of hydrogen-bond acceptors (Lipinski definition) is 5. The molecular formula is C18H15N5O3. The molecule has 0 aliphatic rings. The third-order valence-corrected chi connectivity index (χ3v) is 4.17. The highest BCUT2D eigenvalue weighted by Gasteiger charge is 2.17. The number of aliphatic imine (C=N–C) groups is 1. The lowest BCUT2D eigenvalue weighted by Gasteiger charge is -2.01. The average molecular weight is 349 g/mol. The fourth-order valence-electron chi connectivity index (χ4n) is 2.91. The van der Waals surface area contributed by atoms with Crippen LogP contribution in [0.5, 0.6) is 5.88 Å². The molecule has 0 fully saturated rings. The van der Waals surface area contributed by atoms with Crippen LogP contribution in [0.15, 0.2) is 41.5 Å². The maximum atomic E-state index is 11.2. The topological polar surface area (TPSA) is 116 Å². The summed E-state index contributed by atoms with van der Waals surface area (Å²) in [7, 11) is 0. The van der Waals surface area contributed by atoms with Gasteiger partial charge >= 0.3 is 5.97 Å². The van der Waals surface area contributed by atoms with Gasteiger partial charge in [0.15, 0.2) is 0 Å². The minimum Gasteiger partial charge on any atom is -0.494 e. The molecule has 3 N–H and O–H groups in total. The van der Waals surface area contributed by atoms with Crippen LogP contribution >= 0.6 is 0 Å². The Morgan fingerprint density at radius 2 is 2.19 bits per heavy atom. The van der Waals surface area contributed by atoms with E-state index in [1.54, 1.807) is 4.57 Å². The van der Waals surface area contributed by atoms with Gasteiger partial charge in [-0.2, -0.15) is 0 Å². The lowest BCUT2D eigenvalue weighted by Crippen LogP contribution is -1.99. The molecule has 0 atom stereocenters. The number of carboxylic acid groups (broad SMARTS) is 1. The van der Waals surface area contributed by atoms with Crippen LogP contribution in [0.1, 0.15) is 22.8 Å². The Balaban J connectivity index is 1.85. The van der Waals surface area contributed by atoms with Crippen LogP contribution in [0.2, 0.25) is 0 Å². The van der Waals surface area contributed by atoms with E-state index in [1.165, 1.54) is 18.5 Å². The van der Waals surface area contributed by atoms with E-state index in [9.17, 15) is 15.0 Å². The van der Waals surface area contributed by atoms with E-state index < -0.39 is 5.97 Å². The number of imidazole rings is 1. The molecule has 3 aromatic heterocycles. The number of aryl methyl sites for hydroxylation is 1. The first-order valence-corrected chi connectivity index (χ1v) is 8.01. The monoisotopic (exact) mass is 349 g/mol. The highest BCUT2D eigenvalue weighted by molar-refractivity contribution is 6.04. The van der Waals surface area contributed by atoms with Gasteiger partial charge in [-0.1, -0.05) is 12.1 Å². The van der Waals surface area contributed by atoms with Gasteiger partial charge in [0, 0.05) is 24.3 Å². The number of nitrogens with zero attached hydrogens (tertiary/aromatic N) is 4. The largest absolute Gasteiger partial charge is 0.494 e. The molecule has 0 aliphatic carbocycles. The Bertz CT molecular complexity index is 1140. The fourth-order valence-corrected chi connectivity index (χ4v) is 2.91. The maximum Gasteiger partial charge on any atom is 0.337 e. The summed E-state index contributed by atoms with van der Waals surface area (Å²) in [6.07, 6.45) is 2.74. The molecule has 8 nitrogen and oxygen atoms in total. The van der Waals surface area contributed by atoms with Crippen molar-refractivity contribution in [3.8, 4) is 5.88 Å². The van der Waals surface area contributed by atoms with Crippen molar-refractivity contribution in [3.05, 3.63) is 47.7 Å². The first-order valence-electron chi connectivity index (χ1n) is 8.01. The zero-order valence-electron chi connectivity index (χ0n) is 13.8. The molecule has 0 aliphatic heterocycles. The standard InChI is InChI=1S/C18H15N5O3/c1-2-23-15-11(7-10(8-19-15)17(25)26)12(16(23)24)9-20-18-21-13-5-3-4-6-14(13)22-18/h3-9,24H,2H2,1H3,(H,21,22)(H,25,26). The Labute approximate surface area is 147 Å². The summed E-state index contributed by atoms with van der Waals surface area (Å²) in [6, 6.07) is 9.03. The smallest absolute Gasteiger partial charge is 0.337 e. The molecule has 0 bridgehead atoms. The third kappa shape index (κ3) is 2.48. The van der Waals surface area contributed by atoms with Crippen molar-refractivity contribution in [3.63, 3.8) is 0 Å². The van der Waals surface area contributed by atoms with Crippen LogP contribution in [0.4, 0.5) is 5.95 Å². The van der Waals surface area contributed by atoms with Crippen molar-refractivity contribution < 1.29 is 15.0 Å². The molecule has 0 radical (unpaired) electrons. The highest BCUT2D eigenvalue weighted by Crippen LogP contribution is 2.30. The number of carbonyl (C=O) groups is 1. The van der Waals surface area contributed by atoms with Crippen LogP contribution in [0.3, 0.4) is 0 Å². The van der Waals surface area contributed by atoms with Crippen LogP contribution in [-0.4, -0.2) is 41.9 Å². The van der Waals surface area contributed by atoms with Crippen LogP contribution in [0.25, 0.3) is 22.1 Å². The summed E-state index contributed by atoms with van der Waals surface area (Å²) in [5.41, 5.74) is 2.59.